The Bertz CT molecular complexity index is 1160. The van der Waals surface area contributed by atoms with Gasteiger partial charge in [0.05, 0.1) is 6.54 Å². The van der Waals surface area contributed by atoms with E-state index in [4.69, 9.17) is 4.74 Å². The summed E-state index contributed by atoms with van der Waals surface area (Å²) in [7, 11) is 0. The van der Waals surface area contributed by atoms with Crippen LogP contribution in [-0.4, -0.2) is 62.3 Å². The third-order valence-electron chi connectivity index (χ3n) is 7.57. The van der Waals surface area contributed by atoms with Crippen LogP contribution in [0.4, 0.5) is 4.79 Å². The monoisotopic (exact) mass is 538 g/mol. The topological polar surface area (TPSA) is 133 Å². The van der Waals surface area contributed by atoms with Crippen LogP contribution >= 0.6 is 0 Å². The molecular weight excluding hydrogens is 500 g/mol. The van der Waals surface area contributed by atoms with Crippen LogP contribution in [0.25, 0.3) is 0 Å². The number of likely N-dealkylation sites (tertiary alicyclic amines) is 1. The predicted molar refractivity (Wildman–Crippen MR) is 145 cm³/mol. The molecule has 3 atom stereocenters. The Labute approximate surface area is 229 Å². The molecule has 1 unspecified atom stereocenters. The van der Waals surface area contributed by atoms with E-state index in [0.29, 0.717) is 0 Å². The summed E-state index contributed by atoms with van der Waals surface area (Å²) in [6.07, 6.45) is -1.02. The van der Waals surface area contributed by atoms with Gasteiger partial charge in [-0.05, 0) is 44.7 Å². The molecule has 210 valence electrons. The highest BCUT2D eigenvalue weighted by Gasteiger charge is 2.69. The first-order chi connectivity index (χ1) is 18.3. The highest BCUT2D eigenvalue weighted by atomic mass is 16.6. The van der Waals surface area contributed by atoms with Crippen LogP contribution in [0.1, 0.15) is 70.9 Å². The Balaban J connectivity index is 2.10. The number of nitrogens with zero attached hydrogens (tertiary/aromatic N) is 1. The molecule has 0 spiro atoms. The first kappa shape index (κ1) is 29.7. The number of aliphatic carboxylic acids is 2. The molecule has 1 saturated heterocycles. The minimum Gasteiger partial charge on any atom is -0.479 e. The molecule has 2 amide bonds. The maximum absolute atomic E-state index is 14.1. The quantitative estimate of drug-likeness (QED) is 0.423. The van der Waals surface area contributed by atoms with Crippen molar-refractivity contribution in [2.45, 2.75) is 76.5 Å². The minimum absolute atomic E-state index is 0.0427. The van der Waals surface area contributed by atoms with Crippen molar-refractivity contribution in [2.24, 2.45) is 5.92 Å². The van der Waals surface area contributed by atoms with E-state index in [2.05, 4.69) is 5.32 Å². The van der Waals surface area contributed by atoms with E-state index < -0.39 is 53.1 Å². The van der Waals surface area contributed by atoms with Gasteiger partial charge < -0.3 is 25.2 Å². The van der Waals surface area contributed by atoms with Gasteiger partial charge in [-0.15, -0.1) is 0 Å². The minimum atomic E-state index is -2.06. The van der Waals surface area contributed by atoms with Crippen LogP contribution in [-0.2, 0) is 19.1 Å². The van der Waals surface area contributed by atoms with Gasteiger partial charge in [-0.1, -0.05) is 74.5 Å². The van der Waals surface area contributed by atoms with Crippen LogP contribution < -0.4 is 5.32 Å². The Hall–Kier alpha value is -3.88. The number of carbonyl (C=O) groups excluding carboxylic acids is 2. The summed E-state index contributed by atoms with van der Waals surface area (Å²) in [4.78, 5) is 53.9. The molecular formula is C30H38N2O7. The van der Waals surface area contributed by atoms with E-state index in [1.807, 2.05) is 60.7 Å². The van der Waals surface area contributed by atoms with Crippen LogP contribution in [0.5, 0.6) is 0 Å². The summed E-state index contributed by atoms with van der Waals surface area (Å²) >= 11 is 0. The van der Waals surface area contributed by atoms with Gasteiger partial charge in [0.1, 0.15) is 11.1 Å². The molecule has 0 aliphatic carbocycles. The van der Waals surface area contributed by atoms with Gasteiger partial charge in [0.2, 0.25) is 5.91 Å². The van der Waals surface area contributed by atoms with Gasteiger partial charge in [-0.2, -0.15) is 0 Å². The number of alkyl carbamates (subject to hydrolysis) is 1. The van der Waals surface area contributed by atoms with E-state index in [0.717, 1.165) is 16.0 Å². The van der Waals surface area contributed by atoms with Gasteiger partial charge >= 0.3 is 18.0 Å². The molecule has 1 heterocycles. The molecule has 3 N–H and O–H groups in total. The van der Waals surface area contributed by atoms with Crippen molar-refractivity contribution in [3.8, 4) is 0 Å². The summed E-state index contributed by atoms with van der Waals surface area (Å²) in [6, 6.07) is 18.8. The van der Waals surface area contributed by atoms with E-state index >= 15 is 0 Å². The number of benzene rings is 2. The molecule has 0 saturated carbocycles. The molecule has 0 radical (unpaired) electrons. The maximum atomic E-state index is 14.1. The Morgan fingerprint density at radius 2 is 1.46 bits per heavy atom. The summed E-state index contributed by atoms with van der Waals surface area (Å²) < 4.78 is 5.34. The molecule has 1 aliphatic heterocycles. The fourth-order valence-corrected chi connectivity index (χ4v) is 5.91. The lowest BCUT2D eigenvalue weighted by Gasteiger charge is -2.39. The maximum Gasteiger partial charge on any atom is 0.408 e. The second-order valence-corrected chi connectivity index (χ2v) is 11.0. The van der Waals surface area contributed by atoms with Crippen LogP contribution in [0.2, 0.25) is 0 Å². The molecule has 39 heavy (non-hydrogen) atoms. The lowest BCUT2D eigenvalue weighted by molar-refractivity contribution is -0.160. The van der Waals surface area contributed by atoms with E-state index in [1.54, 1.807) is 34.6 Å². The molecule has 3 rings (SSSR count). The number of carboxylic acids is 2. The molecule has 2 aromatic rings. The van der Waals surface area contributed by atoms with Crippen LogP contribution in [0.3, 0.4) is 0 Å². The summed E-state index contributed by atoms with van der Waals surface area (Å²) in [5, 5.41) is 23.5. The van der Waals surface area contributed by atoms with Gasteiger partial charge in [0, 0.05) is 18.3 Å². The van der Waals surface area contributed by atoms with Gasteiger partial charge in [0.15, 0.2) is 5.54 Å². The van der Waals surface area contributed by atoms with Gasteiger partial charge in [0.25, 0.3) is 0 Å². The molecule has 0 aromatic heterocycles. The Kier molecular flexibility index (Phi) is 8.73. The van der Waals surface area contributed by atoms with Crippen LogP contribution in [0.15, 0.2) is 60.7 Å². The Morgan fingerprint density at radius 1 is 0.949 bits per heavy atom. The van der Waals surface area contributed by atoms with Crippen molar-refractivity contribution in [2.75, 3.05) is 6.54 Å². The third-order valence-corrected chi connectivity index (χ3v) is 7.57. The SMILES string of the molecule is CCC1[C@](CC)(C(=O)O)N(C(=O)CC(c2ccccc2)c2ccccc2)C[C@@]1(NC(=O)OC(C)(C)C)C(=O)O. The summed E-state index contributed by atoms with van der Waals surface area (Å²) in [5.41, 5.74) is -3.07. The zero-order chi connectivity index (χ0) is 29.0. The number of ether oxygens (including phenoxy) is 1. The lowest BCUT2D eigenvalue weighted by Crippen LogP contribution is -2.63. The van der Waals surface area contributed by atoms with Crippen molar-refractivity contribution in [3.05, 3.63) is 71.8 Å². The first-order valence-electron chi connectivity index (χ1n) is 13.2. The summed E-state index contributed by atoms with van der Waals surface area (Å²) in [5.74, 6) is -4.74. The van der Waals surface area contributed by atoms with Gasteiger partial charge in [-0.3, -0.25) is 4.79 Å². The third kappa shape index (κ3) is 5.77. The number of nitrogens with one attached hydrogen (secondary N) is 1. The van der Waals surface area contributed by atoms with Crippen molar-refractivity contribution in [1.82, 2.24) is 10.2 Å². The molecule has 2 aromatic carbocycles. The number of hydrogen-bond acceptors (Lipinski definition) is 5. The number of carbonyl (C=O) groups is 4. The average molecular weight is 539 g/mol. The van der Waals surface area contributed by atoms with Crippen molar-refractivity contribution in [1.29, 1.82) is 0 Å². The zero-order valence-electron chi connectivity index (χ0n) is 23.1. The smallest absolute Gasteiger partial charge is 0.408 e. The molecule has 9 heteroatoms. The molecule has 1 fully saturated rings. The number of hydrogen-bond donors (Lipinski definition) is 3. The van der Waals surface area contributed by atoms with Crippen molar-refractivity contribution in [3.63, 3.8) is 0 Å². The first-order valence-corrected chi connectivity index (χ1v) is 13.2. The molecule has 1 aliphatic rings. The second kappa shape index (κ2) is 11.5. The second-order valence-electron chi connectivity index (χ2n) is 11.0. The standard InChI is InChI=1S/C30H38N2O7/c1-6-23-29(25(34)35,31-27(38)39-28(3,4)5)19-32(30(23,7-2)26(36)37)24(33)18-22(20-14-10-8-11-15-20)21-16-12-9-13-17-21/h8-17,22-23H,6-7,18-19H2,1-5H3,(H,31,38)(H,34,35)(H,36,37)/t23?,29-,30+/m0/s1. The highest BCUT2D eigenvalue weighted by molar-refractivity contribution is 5.95. The largest absolute Gasteiger partial charge is 0.479 e. The van der Waals surface area contributed by atoms with Crippen molar-refractivity contribution < 1.29 is 34.1 Å². The Morgan fingerprint density at radius 3 is 1.85 bits per heavy atom. The van der Waals surface area contributed by atoms with E-state index in [-0.39, 0.29) is 25.2 Å². The molecule has 9 nitrogen and oxygen atoms in total. The number of carboxylic acid groups (broad SMARTS) is 2. The van der Waals surface area contributed by atoms with Crippen molar-refractivity contribution >= 4 is 23.9 Å². The number of rotatable bonds is 9. The number of amides is 2. The fraction of sp³-hybridized carbons (Fsp3) is 0.467. The van der Waals surface area contributed by atoms with Crippen LogP contribution in [0, 0.1) is 5.92 Å². The fourth-order valence-electron chi connectivity index (χ4n) is 5.91. The van der Waals surface area contributed by atoms with E-state index in [9.17, 15) is 29.4 Å². The lowest BCUT2D eigenvalue weighted by atomic mass is 9.72. The average Bonchev–Trinajstić information content (AvgIpc) is 3.18. The highest BCUT2D eigenvalue weighted by Crippen LogP contribution is 2.47. The van der Waals surface area contributed by atoms with E-state index in [1.165, 1.54) is 0 Å². The van der Waals surface area contributed by atoms with Gasteiger partial charge in [-0.25, -0.2) is 14.4 Å². The molecule has 0 bridgehead atoms. The normalized spacial score (nSPS) is 22.9. The predicted octanol–water partition coefficient (Wildman–Crippen LogP) is 4.66. The zero-order valence-corrected chi connectivity index (χ0v) is 23.1. The summed E-state index contributed by atoms with van der Waals surface area (Å²) in [6.45, 7) is 7.70.